The molecular weight excluding hydrogens is 521 g/mol. The molecule has 2 rings (SSSR count). The fourth-order valence-corrected chi connectivity index (χ4v) is 4.99. The molecule has 0 unspecified atom stereocenters. The predicted octanol–water partition coefficient (Wildman–Crippen LogP) is 3.07. The molecular formula is C19H30IN5O2S2. The van der Waals surface area contributed by atoms with Crippen molar-refractivity contribution < 1.29 is 8.42 Å². The molecule has 0 radical (unpaired) electrons. The van der Waals surface area contributed by atoms with Crippen LogP contribution >= 0.6 is 35.3 Å². The van der Waals surface area contributed by atoms with E-state index in [0.717, 1.165) is 21.8 Å². The van der Waals surface area contributed by atoms with Crippen LogP contribution in [-0.4, -0.2) is 32.5 Å². The summed E-state index contributed by atoms with van der Waals surface area (Å²) in [5.41, 5.74) is 2.85. The van der Waals surface area contributed by atoms with Gasteiger partial charge in [-0.25, -0.2) is 18.1 Å². The van der Waals surface area contributed by atoms with Crippen molar-refractivity contribution in [3.8, 4) is 0 Å². The molecule has 162 valence electrons. The minimum atomic E-state index is -3.31. The largest absolute Gasteiger partial charge is 0.352 e. The number of thiazole rings is 1. The number of hydrogen-bond donors (Lipinski definition) is 3. The number of sulfonamides is 1. The number of aryl methyl sites for hydroxylation is 2. The second-order valence-electron chi connectivity index (χ2n) is 6.87. The molecule has 3 N–H and O–H groups in total. The summed E-state index contributed by atoms with van der Waals surface area (Å²) in [6, 6.07) is 7.44. The minimum absolute atomic E-state index is 0. The van der Waals surface area contributed by atoms with E-state index in [-0.39, 0.29) is 35.8 Å². The van der Waals surface area contributed by atoms with Crippen molar-refractivity contribution in [3.63, 3.8) is 0 Å². The van der Waals surface area contributed by atoms with Crippen molar-refractivity contribution in [2.45, 2.75) is 52.6 Å². The van der Waals surface area contributed by atoms with Crippen molar-refractivity contribution in [2.75, 3.05) is 7.05 Å². The summed E-state index contributed by atoms with van der Waals surface area (Å²) >= 11 is 1.68. The number of rotatable bonds is 8. The van der Waals surface area contributed by atoms with E-state index in [1.54, 1.807) is 18.4 Å². The predicted molar refractivity (Wildman–Crippen MR) is 131 cm³/mol. The number of guanidine groups is 1. The first-order chi connectivity index (χ1) is 13.2. The van der Waals surface area contributed by atoms with Gasteiger partial charge in [0.25, 0.3) is 0 Å². The summed E-state index contributed by atoms with van der Waals surface area (Å²) in [7, 11) is -1.58. The van der Waals surface area contributed by atoms with Crippen LogP contribution in [0.2, 0.25) is 0 Å². The number of aliphatic imine (C=N–C) groups is 1. The second kappa shape index (κ2) is 11.8. The van der Waals surface area contributed by atoms with Gasteiger partial charge in [0.15, 0.2) is 5.96 Å². The van der Waals surface area contributed by atoms with Crippen LogP contribution in [0.5, 0.6) is 0 Å². The van der Waals surface area contributed by atoms with Crippen molar-refractivity contribution in [2.24, 2.45) is 4.99 Å². The fraction of sp³-hybridized carbons (Fsp3) is 0.474. The topological polar surface area (TPSA) is 95.5 Å². The zero-order valence-corrected chi connectivity index (χ0v) is 21.4. The minimum Gasteiger partial charge on any atom is -0.352 e. The number of halogens is 1. The standard InChI is InChI=1S/C19H29N5O2S2.HI/c1-13(2)24-28(25,26)12-17-8-6-16(7-9-17)10-21-19(20-5)22-11-18-14(3)23-15(4)27-18;/h6-9,13,24H,10-12H2,1-5H3,(H2,20,21,22);1H. The second-order valence-corrected chi connectivity index (χ2v) is 9.91. The molecule has 0 atom stereocenters. The average molecular weight is 552 g/mol. The van der Waals surface area contributed by atoms with Gasteiger partial charge < -0.3 is 10.6 Å². The Hall–Kier alpha value is -1.24. The molecule has 1 aromatic carbocycles. The number of hydrogen-bond acceptors (Lipinski definition) is 5. The average Bonchev–Trinajstić information content (AvgIpc) is 2.92. The Labute approximate surface area is 194 Å². The van der Waals surface area contributed by atoms with Crippen molar-refractivity contribution in [1.82, 2.24) is 20.3 Å². The van der Waals surface area contributed by atoms with Gasteiger partial charge in [0.05, 0.1) is 23.0 Å². The molecule has 29 heavy (non-hydrogen) atoms. The first kappa shape index (κ1) is 25.8. The number of nitrogens with one attached hydrogen (secondary N) is 3. The van der Waals surface area contributed by atoms with E-state index in [4.69, 9.17) is 0 Å². The zero-order chi connectivity index (χ0) is 20.7. The van der Waals surface area contributed by atoms with Crippen LogP contribution < -0.4 is 15.4 Å². The smallest absolute Gasteiger partial charge is 0.216 e. The van der Waals surface area contributed by atoms with Gasteiger partial charge in [0, 0.05) is 24.5 Å². The Bertz CT molecular complexity index is 909. The van der Waals surface area contributed by atoms with Gasteiger partial charge >= 0.3 is 0 Å². The zero-order valence-electron chi connectivity index (χ0n) is 17.4. The maximum atomic E-state index is 12.0. The van der Waals surface area contributed by atoms with Crippen LogP contribution in [0, 0.1) is 13.8 Å². The maximum absolute atomic E-state index is 12.0. The number of benzene rings is 1. The molecule has 0 aliphatic rings. The van der Waals surface area contributed by atoms with Gasteiger partial charge in [-0.05, 0) is 38.8 Å². The Morgan fingerprint density at radius 2 is 1.69 bits per heavy atom. The SMILES string of the molecule is CN=C(NCc1ccc(CS(=O)(=O)NC(C)C)cc1)NCc1sc(C)nc1C.I. The molecule has 0 fully saturated rings. The van der Waals surface area contributed by atoms with E-state index < -0.39 is 10.0 Å². The first-order valence-electron chi connectivity index (χ1n) is 9.13. The molecule has 0 bridgehead atoms. The van der Waals surface area contributed by atoms with Crippen LogP contribution in [-0.2, 0) is 28.9 Å². The number of aromatic nitrogens is 1. The quantitative estimate of drug-likeness (QED) is 0.266. The van der Waals surface area contributed by atoms with Crippen LogP contribution in [0.25, 0.3) is 0 Å². The number of nitrogens with zero attached hydrogens (tertiary/aromatic N) is 2. The van der Waals surface area contributed by atoms with Gasteiger partial charge in [0.1, 0.15) is 0 Å². The lowest BCUT2D eigenvalue weighted by Crippen LogP contribution is -2.36. The molecule has 0 spiro atoms. The van der Waals surface area contributed by atoms with Gasteiger partial charge in [-0.1, -0.05) is 24.3 Å². The molecule has 0 aliphatic heterocycles. The van der Waals surface area contributed by atoms with Crippen LogP contribution in [0.15, 0.2) is 29.3 Å². The van der Waals surface area contributed by atoms with E-state index in [0.29, 0.717) is 19.0 Å². The third-order valence-electron chi connectivity index (χ3n) is 3.89. The Balaban J connectivity index is 0.00000420. The highest BCUT2D eigenvalue weighted by Gasteiger charge is 2.12. The van der Waals surface area contributed by atoms with Gasteiger partial charge in [-0.3, -0.25) is 4.99 Å². The molecule has 1 heterocycles. The van der Waals surface area contributed by atoms with Gasteiger partial charge in [-0.2, -0.15) is 0 Å². The molecule has 1 aromatic heterocycles. The summed E-state index contributed by atoms with van der Waals surface area (Å²) in [4.78, 5) is 9.86. The third-order valence-corrected chi connectivity index (χ3v) is 6.51. The molecule has 0 aliphatic carbocycles. The van der Waals surface area contributed by atoms with Crippen LogP contribution in [0.1, 0.15) is 40.6 Å². The summed E-state index contributed by atoms with van der Waals surface area (Å²) in [6.07, 6.45) is 0. The maximum Gasteiger partial charge on any atom is 0.216 e. The normalized spacial score (nSPS) is 12.0. The third kappa shape index (κ3) is 8.97. The Kier molecular flexibility index (Phi) is 10.5. The van der Waals surface area contributed by atoms with E-state index in [1.807, 2.05) is 52.0 Å². The lowest BCUT2D eigenvalue weighted by Gasteiger charge is -2.12. The molecule has 0 saturated carbocycles. The lowest BCUT2D eigenvalue weighted by atomic mass is 10.1. The molecule has 7 nitrogen and oxygen atoms in total. The van der Waals surface area contributed by atoms with Gasteiger partial charge in [0.2, 0.25) is 10.0 Å². The summed E-state index contributed by atoms with van der Waals surface area (Å²) in [5.74, 6) is 0.689. The fourth-order valence-electron chi connectivity index (χ4n) is 2.68. The Morgan fingerprint density at radius 3 is 2.21 bits per heavy atom. The van der Waals surface area contributed by atoms with Crippen LogP contribution in [0.3, 0.4) is 0 Å². The van der Waals surface area contributed by atoms with E-state index in [2.05, 4.69) is 25.3 Å². The molecule has 2 aromatic rings. The van der Waals surface area contributed by atoms with E-state index >= 15 is 0 Å². The monoisotopic (exact) mass is 551 g/mol. The highest BCUT2D eigenvalue weighted by molar-refractivity contribution is 14.0. The molecule has 10 heteroatoms. The highest BCUT2D eigenvalue weighted by Crippen LogP contribution is 2.16. The van der Waals surface area contributed by atoms with Crippen LogP contribution in [0.4, 0.5) is 0 Å². The molecule has 0 amide bonds. The van der Waals surface area contributed by atoms with Crippen molar-refractivity contribution in [1.29, 1.82) is 0 Å². The van der Waals surface area contributed by atoms with Crippen molar-refractivity contribution in [3.05, 3.63) is 51.0 Å². The summed E-state index contributed by atoms with van der Waals surface area (Å²) in [6.45, 7) is 8.90. The van der Waals surface area contributed by atoms with Crippen molar-refractivity contribution >= 4 is 51.3 Å². The van der Waals surface area contributed by atoms with Gasteiger partial charge in [-0.15, -0.1) is 35.3 Å². The molecule has 0 saturated heterocycles. The first-order valence-corrected chi connectivity index (χ1v) is 11.6. The van der Waals surface area contributed by atoms with E-state index in [1.165, 1.54) is 4.88 Å². The summed E-state index contributed by atoms with van der Waals surface area (Å²) in [5, 5.41) is 7.62. The summed E-state index contributed by atoms with van der Waals surface area (Å²) < 4.78 is 26.6. The highest BCUT2D eigenvalue weighted by atomic mass is 127. The Morgan fingerprint density at radius 1 is 1.10 bits per heavy atom. The van der Waals surface area contributed by atoms with E-state index in [9.17, 15) is 8.42 Å². The lowest BCUT2D eigenvalue weighted by molar-refractivity contribution is 0.569.